The summed E-state index contributed by atoms with van der Waals surface area (Å²) in [4.78, 5) is 13.7. The minimum atomic E-state index is -1.62. The highest BCUT2D eigenvalue weighted by atomic mass is 35.6. The van der Waals surface area contributed by atoms with E-state index in [1.807, 2.05) is 38.1 Å². The summed E-state index contributed by atoms with van der Waals surface area (Å²) in [5.41, 5.74) is 1.73. The van der Waals surface area contributed by atoms with Crippen LogP contribution in [-0.2, 0) is 10.2 Å². The van der Waals surface area contributed by atoms with E-state index in [-0.39, 0.29) is 23.5 Å². The lowest BCUT2D eigenvalue weighted by Crippen LogP contribution is -3.22. The summed E-state index contributed by atoms with van der Waals surface area (Å²) in [6, 6.07) is 7.55. The third-order valence-electron chi connectivity index (χ3n) is 4.59. The topological polar surface area (TPSA) is 42.8 Å². The molecule has 1 aliphatic rings. The van der Waals surface area contributed by atoms with E-state index in [4.69, 9.17) is 39.5 Å². The fourth-order valence-electron chi connectivity index (χ4n) is 3.30. The molecule has 2 N–H and O–H groups in total. The van der Waals surface area contributed by atoms with Gasteiger partial charge in [0.1, 0.15) is 25.3 Å². The average Bonchev–Trinajstić information content (AvgIpc) is 2.49. The Kier molecular flexibility index (Phi) is 6.90. The molecule has 1 fully saturated rings. The van der Waals surface area contributed by atoms with Gasteiger partial charge in [-0.2, -0.15) is 0 Å². The number of halogens is 3. The molecule has 26 heavy (non-hydrogen) atoms. The van der Waals surface area contributed by atoms with Gasteiger partial charge in [-0.25, -0.2) is 0 Å². The molecule has 0 aromatic heterocycles. The Labute approximate surface area is 171 Å². The fourth-order valence-corrected chi connectivity index (χ4v) is 3.93. The molecule has 1 heterocycles. The van der Waals surface area contributed by atoms with Crippen molar-refractivity contribution in [3.63, 3.8) is 0 Å². The zero-order valence-corrected chi connectivity index (χ0v) is 18.2. The molecule has 3 atom stereocenters. The number of ether oxygens (including phenoxy) is 1. The number of carbonyl (C=O) groups excluding carboxylic acids is 1. The zero-order chi connectivity index (χ0) is 19.7. The summed E-state index contributed by atoms with van der Waals surface area (Å²) in [6.45, 7) is 11.7. The molecular formula is C19H28Cl3N2O2+. The van der Waals surface area contributed by atoms with Gasteiger partial charge in [0.2, 0.25) is 6.17 Å². The third-order valence-corrected chi connectivity index (χ3v) is 5.24. The second kappa shape index (κ2) is 8.24. The van der Waals surface area contributed by atoms with Gasteiger partial charge in [0, 0.05) is 5.56 Å². The van der Waals surface area contributed by atoms with Gasteiger partial charge < -0.3 is 9.64 Å². The zero-order valence-electron chi connectivity index (χ0n) is 15.9. The molecule has 1 aliphatic heterocycles. The molecule has 1 saturated heterocycles. The van der Waals surface area contributed by atoms with Crippen molar-refractivity contribution in [2.45, 2.75) is 62.2 Å². The summed E-state index contributed by atoms with van der Waals surface area (Å²) >= 11 is 18.6. The number of alkyl halides is 3. The number of hydrogen-bond acceptors (Lipinski definition) is 2. The van der Waals surface area contributed by atoms with Crippen LogP contribution in [0.1, 0.15) is 50.5 Å². The number of hydrogen-bond donors (Lipinski definition) is 2. The average molecular weight is 423 g/mol. The van der Waals surface area contributed by atoms with Gasteiger partial charge in [0.25, 0.3) is 9.70 Å². The number of nitrogens with one attached hydrogen (secondary N) is 2. The Balaban J connectivity index is 2.16. The smallest absolute Gasteiger partial charge is 0.262 e. The van der Waals surface area contributed by atoms with Crippen LogP contribution in [0.5, 0.6) is 0 Å². The Bertz CT molecular complexity index is 613. The Morgan fingerprint density at radius 2 is 1.62 bits per heavy atom. The lowest BCUT2D eigenvalue weighted by atomic mass is 9.87. The molecule has 0 aliphatic carbocycles. The number of benzene rings is 1. The van der Waals surface area contributed by atoms with Crippen LogP contribution in [-0.4, -0.2) is 41.2 Å². The van der Waals surface area contributed by atoms with Gasteiger partial charge in [-0.05, 0) is 37.0 Å². The molecule has 0 saturated carbocycles. The largest absolute Gasteiger partial charge is 0.364 e. The lowest BCUT2D eigenvalue weighted by Gasteiger charge is -2.39. The Morgan fingerprint density at radius 3 is 2.04 bits per heavy atom. The molecule has 7 heteroatoms. The van der Waals surface area contributed by atoms with Crippen LogP contribution < -0.4 is 10.2 Å². The number of carbonyl (C=O) groups is 1. The molecule has 2 rings (SSSR count). The van der Waals surface area contributed by atoms with Crippen molar-refractivity contribution in [2.24, 2.45) is 0 Å². The number of rotatable bonds is 3. The second-order valence-corrected chi connectivity index (χ2v) is 10.5. The Morgan fingerprint density at radius 1 is 1.12 bits per heavy atom. The summed E-state index contributed by atoms with van der Waals surface area (Å²) in [7, 11) is 0. The van der Waals surface area contributed by atoms with Gasteiger partial charge >= 0.3 is 0 Å². The first kappa shape index (κ1) is 21.8. The maximum atomic E-state index is 12.7. The highest BCUT2D eigenvalue weighted by molar-refractivity contribution is 6.68. The van der Waals surface area contributed by atoms with E-state index in [9.17, 15) is 4.79 Å². The van der Waals surface area contributed by atoms with E-state index >= 15 is 0 Å². The van der Waals surface area contributed by atoms with Crippen LogP contribution in [0.4, 0.5) is 0 Å². The molecule has 0 bridgehead atoms. The summed E-state index contributed by atoms with van der Waals surface area (Å²) in [6.07, 6.45) is -0.589. The predicted molar refractivity (Wildman–Crippen MR) is 107 cm³/mol. The predicted octanol–water partition coefficient (Wildman–Crippen LogP) is 3.10. The standard InChI is InChI=1S/C19H27Cl3N2O2/c1-12-10-24(11-13(2)26-12)17(19(20,21)22)23-16(25)14-6-8-15(9-7-14)18(3,4)5/h6-9,12-13,17H,10-11H2,1-5H3,(H,23,25)/p+1/t12-,13-,17-/m0/s1. The van der Waals surface area contributed by atoms with Gasteiger partial charge in [0.15, 0.2) is 0 Å². The first-order valence-corrected chi connectivity index (χ1v) is 9.99. The van der Waals surface area contributed by atoms with Gasteiger partial charge in [-0.1, -0.05) is 67.7 Å². The van der Waals surface area contributed by atoms with Gasteiger partial charge in [-0.3, -0.25) is 10.1 Å². The lowest BCUT2D eigenvalue weighted by molar-refractivity contribution is -0.941. The number of amides is 1. The van der Waals surface area contributed by atoms with Crippen molar-refractivity contribution in [1.29, 1.82) is 0 Å². The van der Waals surface area contributed by atoms with E-state index in [0.29, 0.717) is 18.7 Å². The van der Waals surface area contributed by atoms with E-state index < -0.39 is 9.96 Å². The minimum Gasteiger partial charge on any atom is -0.364 e. The highest BCUT2D eigenvalue weighted by Gasteiger charge is 2.45. The SMILES string of the molecule is C[C@H]1C[NH+]([C@H](NC(=O)c2ccc(C(C)(C)C)cc2)C(Cl)(Cl)Cl)C[C@H](C)O1. The van der Waals surface area contributed by atoms with Crippen molar-refractivity contribution in [3.8, 4) is 0 Å². The van der Waals surface area contributed by atoms with Crippen LogP contribution in [0, 0.1) is 0 Å². The third kappa shape index (κ3) is 5.74. The van der Waals surface area contributed by atoms with E-state index in [0.717, 1.165) is 10.5 Å². The molecule has 0 radical (unpaired) electrons. The molecule has 1 aromatic rings. The van der Waals surface area contributed by atoms with Crippen molar-refractivity contribution in [3.05, 3.63) is 35.4 Å². The maximum Gasteiger partial charge on any atom is 0.262 e. The first-order chi connectivity index (χ1) is 11.9. The summed E-state index contributed by atoms with van der Waals surface area (Å²) in [5, 5.41) is 2.91. The maximum absolute atomic E-state index is 12.7. The van der Waals surface area contributed by atoms with Crippen molar-refractivity contribution in [1.82, 2.24) is 5.32 Å². The van der Waals surface area contributed by atoms with Gasteiger partial charge in [0.05, 0.1) is 0 Å². The fraction of sp³-hybridized carbons (Fsp3) is 0.632. The first-order valence-electron chi connectivity index (χ1n) is 8.86. The summed E-state index contributed by atoms with van der Waals surface area (Å²) < 4.78 is 4.13. The normalized spacial score (nSPS) is 25.6. The van der Waals surface area contributed by atoms with Crippen molar-refractivity contribution < 1.29 is 14.4 Å². The molecule has 0 unspecified atom stereocenters. The minimum absolute atomic E-state index is 0.0271. The quantitative estimate of drug-likeness (QED) is 0.735. The summed E-state index contributed by atoms with van der Waals surface area (Å²) in [5.74, 6) is -0.249. The van der Waals surface area contributed by atoms with Gasteiger partial charge in [-0.15, -0.1) is 0 Å². The molecular weight excluding hydrogens is 395 g/mol. The second-order valence-electron chi connectivity index (χ2n) is 8.10. The molecule has 146 valence electrons. The van der Waals surface area contributed by atoms with Crippen LogP contribution >= 0.6 is 34.8 Å². The van der Waals surface area contributed by atoms with Crippen LogP contribution in [0.25, 0.3) is 0 Å². The van der Waals surface area contributed by atoms with Crippen molar-refractivity contribution >= 4 is 40.7 Å². The van der Waals surface area contributed by atoms with Crippen molar-refractivity contribution in [2.75, 3.05) is 13.1 Å². The molecule has 1 aromatic carbocycles. The van der Waals surface area contributed by atoms with E-state index in [2.05, 4.69) is 26.1 Å². The Hall–Kier alpha value is -0.520. The van der Waals surface area contributed by atoms with E-state index in [1.165, 1.54) is 0 Å². The number of morpholine rings is 1. The molecule has 1 amide bonds. The highest BCUT2D eigenvalue weighted by Crippen LogP contribution is 2.28. The monoisotopic (exact) mass is 421 g/mol. The molecule has 4 nitrogen and oxygen atoms in total. The van der Waals surface area contributed by atoms with Crippen LogP contribution in [0.3, 0.4) is 0 Å². The number of quaternary nitrogens is 1. The molecule has 0 spiro atoms. The van der Waals surface area contributed by atoms with E-state index in [1.54, 1.807) is 0 Å². The van der Waals surface area contributed by atoms with Crippen LogP contribution in [0.2, 0.25) is 0 Å². The van der Waals surface area contributed by atoms with Crippen LogP contribution in [0.15, 0.2) is 24.3 Å².